The van der Waals surface area contributed by atoms with Gasteiger partial charge in [0, 0.05) is 19.2 Å². The molecule has 1 aliphatic heterocycles. The number of nitrogens with zero attached hydrogens (tertiary/aromatic N) is 4. The lowest BCUT2D eigenvalue weighted by Crippen LogP contribution is -2.33. The zero-order chi connectivity index (χ0) is 18.2. The average molecular weight is 357 g/mol. The highest BCUT2D eigenvalue weighted by Gasteiger charge is 2.18. The van der Waals surface area contributed by atoms with E-state index in [0.29, 0.717) is 23.8 Å². The fourth-order valence-corrected chi connectivity index (χ4v) is 3.18. The smallest absolute Gasteiger partial charge is 0.249 e. The molecule has 7 nitrogen and oxygen atoms in total. The van der Waals surface area contributed by atoms with Gasteiger partial charge in [-0.15, -0.1) is 0 Å². The molecular formula is C19H27N5O2. The third-order valence-corrected chi connectivity index (χ3v) is 4.69. The lowest BCUT2D eigenvalue weighted by Gasteiger charge is -2.24. The third-order valence-electron chi connectivity index (χ3n) is 4.69. The number of hydrogen-bond donors (Lipinski definition) is 1. The van der Waals surface area contributed by atoms with Gasteiger partial charge in [-0.25, -0.2) is 0 Å². The topological polar surface area (TPSA) is 84.2 Å². The van der Waals surface area contributed by atoms with Crippen molar-refractivity contribution in [2.75, 3.05) is 19.6 Å². The molecule has 0 aliphatic carbocycles. The number of pyridine rings is 1. The summed E-state index contributed by atoms with van der Waals surface area (Å²) in [5, 5.41) is 6.89. The number of hydrogen-bond acceptors (Lipinski definition) is 6. The van der Waals surface area contributed by atoms with Crippen LogP contribution in [0, 0.1) is 0 Å². The zero-order valence-corrected chi connectivity index (χ0v) is 15.4. The maximum absolute atomic E-state index is 12.3. The van der Waals surface area contributed by atoms with Gasteiger partial charge in [0.25, 0.3) is 0 Å². The molecule has 0 bridgehead atoms. The summed E-state index contributed by atoms with van der Waals surface area (Å²) >= 11 is 0. The van der Waals surface area contributed by atoms with Gasteiger partial charge in [-0.1, -0.05) is 30.5 Å². The van der Waals surface area contributed by atoms with E-state index in [1.54, 1.807) is 6.20 Å². The van der Waals surface area contributed by atoms with Gasteiger partial charge in [0.2, 0.25) is 17.6 Å². The van der Waals surface area contributed by atoms with E-state index in [2.05, 4.69) is 25.3 Å². The second kappa shape index (κ2) is 9.43. The second-order valence-electron chi connectivity index (χ2n) is 6.82. The molecule has 0 unspecified atom stereocenters. The normalized spacial score (nSPS) is 17.3. The molecule has 0 spiro atoms. The van der Waals surface area contributed by atoms with E-state index < -0.39 is 0 Å². The highest BCUT2D eigenvalue weighted by atomic mass is 16.5. The Kier molecular flexibility index (Phi) is 6.71. The van der Waals surface area contributed by atoms with Gasteiger partial charge in [-0.05, 0) is 45.0 Å². The maximum Gasteiger partial charge on any atom is 0.249 e. The number of amides is 1. The first-order chi connectivity index (χ1) is 12.7. The van der Waals surface area contributed by atoms with Crippen LogP contribution >= 0.6 is 0 Å². The summed E-state index contributed by atoms with van der Waals surface area (Å²) in [6.07, 6.45) is 8.58. The summed E-state index contributed by atoms with van der Waals surface area (Å²) in [7, 11) is 0. The fourth-order valence-electron chi connectivity index (χ4n) is 3.18. The Morgan fingerprint density at radius 1 is 1.23 bits per heavy atom. The molecule has 3 heterocycles. The molecule has 2 aromatic heterocycles. The predicted octanol–water partition coefficient (Wildman–Crippen LogP) is 2.97. The van der Waals surface area contributed by atoms with Crippen LogP contribution in [0.2, 0.25) is 0 Å². The van der Waals surface area contributed by atoms with Crippen LogP contribution in [0.5, 0.6) is 0 Å². The van der Waals surface area contributed by atoms with Crippen LogP contribution in [0.15, 0.2) is 28.9 Å². The van der Waals surface area contributed by atoms with Crippen molar-refractivity contribution in [3.8, 4) is 11.5 Å². The predicted molar refractivity (Wildman–Crippen MR) is 98.2 cm³/mol. The molecule has 1 N–H and O–H groups in total. The molecular weight excluding hydrogens is 330 g/mol. The molecule has 26 heavy (non-hydrogen) atoms. The minimum Gasteiger partial charge on any atom is -0.345 e. The first-order valence-electron chi connectivity index (χ1n) is 9.49. The number of nitrogens with one attached hydrogen (secondary N) is 1. The summed E-state index contributed by atoms with van der Waals surface area (Å²) in [6.45, 7) is 4.85. The van der Waals surface area contributed by atoms with Crippen LogP contribution in [0.4, 0.5) is 0 Å². The molecule has 3 rings (SSSR count). The lowest BCUT2D eigenvalue weighted by molar-refractivity contribution is -0.122. The number of rotatable bonds is 6. The molecule has 0 radical (unpaired) electrons. The third kappa shape index (κ3) is 5.36. The quantitative estimate of drug-likeness (QED) is 0.856. The summed E-state index contributed by atoms with van der Waals surface area (Å²) in [6, 6.07) is 5.20. The van der Waals surface area contributed by atoms with Crippen LogP contribution in [0.25, 0.3) is 11.5 Å². The van der Waals surface area contributed by atoms with E-state index in [1.165, 1.54) is 32.1 Å². The summed E-state index contributed by atoms with van der Waals surface area (Å²) in [5.41, 5.74) is 0.651. The van der Waals surface area contributed by atoms with Crippen molar-refractivity contribution in [1.29, 1.82) is 0 Å². The maximum atomic E-state index is 12.3. The largest absolute Gasteiger partial charge is 0.345 e. The number of carbonyl (C=O) groups is 1. The van der Waals surface area contributed by atoms with Gasteiger partial charge in [-0.2, -0.15) is 4.98 Å². The molecule has 1 amide bonds. The first kappa shape index (κ1) is 18.5. The number of aromatic nitrogens is 3. The molecule has 1 atom stereocenters. The highest BCUT2D eigenvalue weighted by Crippen LogP contribution is 2.16. The fraction of sp³-hybridized carbons (Fsp3) is 0.579. The molecule has 1 saturated heterocycles. The van der Waals surface area contributed by atoms with Gasteiger partial charge in [0.1, 0.15) is 11.7 Å². The zero-order valence-electron chi connectivity index (χ0n) is 15.4. The molecule has 1 fully saturated rings. The number of likely N-dealkylation sites (tertiary alicyclic amines) is 1. The van der Waals surface area contributed by atoms with Gasteiger partial charge in [0.05, 0.1) is 0 Å². The Hall–Kier alpha value is -2.28. The molecule has 140 valence electrons. The van der Waals surface area contributed by atoms with E-state index >= 15 is 0 Å². The average Bonchev–Trinajstić information content (AvgIpc) is 3.12. The van der Waals surface area contributed by atoms with Crippen molar-refractivity contribution < 1.29 is 9.32 Å². The van der Waals surface area contributed by atoms with E-state index in [0.717, 1.165) is 19.6 Å². The Bertz CT molecular complexity index is 680. The van der Waals surface area contributed by atoms with Crippen molar-refractivity contribution in [3.05, 3.63) is 30.3 Å². The van der Waals surface area contributed by atoms with Crippen molar-refractivity contribution in [2.24, 2.45) is 0 Å². The molecule has 1 aliphatic rings. The lowest BCUT2D eigenvalue weighted by atomic mass is 10.1. The SMILES string of the molecule is C[C@H](NC(=O)CCN1CCCCCCC1)c1nc(-c2ccccn2)no1. The Balaban J connectivity index is 1.47. The minimum absolute atomic E-state index is 0.0112. The number of carbonyl (C=O) groups excluding carboxylic acids is 1. The minimum atomic E-state index is -0.320. The first-order valence-corrected chi connectivity index (χ1v) is 9.49. The van der Waals surface area contributed by atoms with Crippen LogP contribution in [0.3, 0.4) is 0 Å². The van der Waals surface area contributed by atoms with Gasteiger partial charge >= 0.3 is 0 Å². The second-order valence-corrected chi connectivity index (χ2v) is 6.82. The van der Waals surface area contributed by atoms with E-state index in [-0.39, 0.29) is 11.9 Å². The highest BCUT2D eigenvalue weighted by molar-refractivity contribution is 5.76. The van der Waals surface area contributed by atoms with Crippen LogP contribution in [-0.2, 0) is 4.79 Å². The standard InChI is InChI=1S/C19H27N5O2/c1-15(19-22-18(23-26-19)16-9-5-6-11-20-16)21-17(25)10-14-24-12-7-3-2-4-8-13-24/h5-6,9,11,15H,2-4,7-8,10,12-14H2,1H3,(H,21,25)/t15-/m0/s1. The van der Waals surface area contributed by atoms with Crippen LogP contribution in [0.1, 0.15) is 57.4 Å². The van der Waals surface area contributed by atoms with Crippen LogP contribution in [-0.4, -0.2) is 45.6 Å². The van der Waals surface area contributed by atoms with Gasteiger partial charge in [-0.3, -0.25) is 9.78 Å². The molecule has 0 saturated carbocycles. The molecule has 7 heteroatoms. The van der Waals surface area contributed by atoms with Crippen molar-refractivity contribution in [3.63, 3.8) is 0 Å². The van der Waals surface area contributed by atoms with E-state index in [1.807, 2.05) is 25.1 Å². The van der Waals surface area contributed by atoms with Crippen molar-refractivity contribution >= 4 is 5.91 Å². The van der Waals surface area contributed by atoms with Crippen LogP contribution < -0.4 is 5.32 Å². The Labute approximate surface area is 154 Å². The summed E-state index contributed by atoms with van der Waals surface area (Å²) in [5.74, 6) is 0.838. The Morgan fingerprint density at radius 3 is 2.73 bits per heavy atom. The Morgan fingerprint density at radius 2 is 2.00 bits per heavy atom. The van der Waals surface area contributed by atoms with E-state index in [4.69, 9.17) is 4.52 Å². The summed E-state index contributed by atoms with van der Waals surface area (Å²) < 4.78 is 5.28. The monoisotopic (exact) mass is 357 g/mol. The van der Waals surface area contributed by atoms with Gasteiger partial charge in [0.15, 0.2) is 0 Å². The van der Waals surface area contributed by atoms with Gasteiger partial charge < -0.3 is 14.7 Å². The van der Waals surface area contributed by atoms with Crippen molar-refractivity contribution in [2.45, 2.75) is 51.5 Å². The molecule has 2 aromatic rings. The van der Waals surface area contributed by atoms with E-state index in [9.17, 15) is 4.79 Å². The summed E-state index contributed by atoms with van der Waals surface area (Å²) in [4.78, 5) is 23.2. The molecule has 0 aromatic carbocycles. The van der Waals surface area contributed by atoms with Crippen molar-refractivity contribution in [1.82, 2.24) is 25.3 Å².